The highest BCUT2D eigenvalue weighted by molar-refractivity contribution is 5.56. The quantitative estimate of drug-likeness (QED) is 0.617. The molecule has 17 heavy (non-hydrogen) atoms. The lowest BCUT2D eigenvalue weighted by Gasteiger charge is -2.16. The predicted molar refractivity (Wildman–Crippen MR) is 61.7 cm³/mol. The molecule has 0 saturated heterocycles. The molecule has 0 amide bonds. The van der Waals surface area contributed by atoms with Crippen molar-refractivity contribution < 1.29 is 9.66 Å². The third-order valence-electron chi connectivity index (χ3n) is 3.09. The van der Waals surface area contributed by atoms with Gasteiger partial charge in [0, 0.05) is 7.11 Å². The molecule has 7 heteroatoms. The second kappa shape index (κ2) is 4.33. The maximum Gasteiger partial charge on any atom is 0.333 e. The van der Waals surface area contributed by atoms with Crippen LogP contribution in [-0.2, 0) is 4.74 Å². The van der Waals surface area contributed by atoms with Crippen molar-refractivity contribution in [3.8, 4) is 0 Å². The molecule has 0 aliphatic heterocycles. The summed E-state index contributed by atoms with van der Waals surface area (Å²) < 4.78 is 6.69. The van der Waals surface area contributed by atoms with Gasteiger partial charge in [0.2, 0.25) is 5.82 Å². The Morgan fingerprint density at radius 3 is 2.76 bits per heavy atom. The molecular formula is C10H16N4O3. The van der Waals surface area contributed by atoms with E-state index in [1.54, 1.807) is 18.7 Å². The molecule has 1 aliphatic rings. The zero-order chi connectivity index (χ0) is 12.6. The van der Waals surface area contributed by atoms with Crippen LogP contribution in [0.2, 0.25) is 0 Å². The molecule has 1 saturated carbocycles. The van der Waals surface area contributed by atoms with Crippen LogP contribution in [0.25, 0.3) is 0 Å². The number of rotatable bonds is 5. The van der Waals surface area contributed by atoms with Crippen LogP contribution in [-0.4, -0.2) is 28.4 Å². The molecule has 1 atom stereocenters. The van der Waals surface area contributed by atoms with Crippen LogP contribution >= 0.6 is 0 Å². The normalized spacial score (nSPS) is 17.1. The van der Waals surface area contributed by atoms with Crippen LogP contribution in [0.15, 0.2) is 0 Å². The lowest BCUT2D eigenvalue weighted by molar-refractivity contribution is -0.384. The minimum atomic E-state index is -0.481. The topological polar surface area (TPSA) is 96.2 Å². The fourth-order valence-electron chi connectivity index (χ4n) is 2.09. The largest absolute Gasteiger partial charge is 0.382 e. The molecule has 1 aromatic heterocycles. The molecule has 0 spiro atoms. The van der Waals surface area contributed by atoms with Crippen molar-refractivity contribution in [3.63, 3.8) is 0 Å². The number of nitro groups is 1. The zero-order valence-corrected chi connectivity index (χ0v) is 9.92. The number of nitrogens with zero attached hydrogens (tertiary/aromatic N) is 3. The third kappa shape index (κ3) is 2.10. The average Bonchev–Trinajstić information content (AvgIpc) is 3.02. The van der Waals surface area contributed by atoms with Crippen LogP contribution < -0.4 is 5.73 Å². The van der Waals surface area contributed by atoms with E-state index in [1.807, 2.05) is 0 Å². The first kappa shape index (κ1) is 11.8. The molecule has 1 unspecified atom stereocenters. The number of ether oxygens (including phenoxy) is 1. The number of aromatic nitrogens is 2. The first-order valence-electron chi connectivity index (χ1n) is 5.54. The number of hydrogen-bond acceptors (Lipinski definition) is 5. The van der Waals surface area contributed by atoms with E-state index in [1.165, 1.54) is 0 Å². The van der Waals surface area contributed by atoms with Gasteiger partial charge in [0.1, 0.15) is 5.69 Å². The maximum atomic E-state index is 10.9. The van der Waals surface area contributed by atoms with Crippen LogP contribution in [0.4, 0.5) is 11.5 Å². The Morgan fingerprint density at radius 2 is 2.35 bits per heavy atom. The van der Waals surface area contributed by atoms with Gasteiger partial charge in [0.05, 0.1) is 17.6 Å². The van der Waals surface area contributed by atoms with Gasteiger partial charge in [0.15, 0.2) is 0 Å². The van der Waals surface area contributed by atoms with Crippen molar-refractivity contribution in [1.82, 2.24) is 9.78 Å². The number of aryl methyl sites for hydroxylation is 1. The van der Waals surface area contributed by atoms with Crippen molar-refractivity contribution >= 4 is 11.5 Å². The van der Waals surface area contributed by atoms with Gasteiger partial charge in [-0.3, -0.25) is 10.1 Å². The number of methoxy groups -OCH3 is 1. The summed E-state index contributed by atoms with van der Waals surface area (Å²) in [4.78, 5) is 10.4. The summed E-state index contributed by atoms with van der Waals surface area (Å²) in [6.45, 7) is 2.08. The lowest BCUT2D eigenvalue weighted by Crippen LogP contribution is -2.20. The summed E-state index contributed by atoms with van der Waals surface area (Å²) in [5.74, 6) is 0.595. The molecule has 2 rings (SSSR count). The minimum absolute atomic E-state index is 0.00685. The van der Waals surface area contributed by atoms with E-state index in [2.05, 4.69) is 5.10 Å². The van der Waals surface area contributed by atoms with E-state index >= 15 is 0 Å². The van der Waals surface area contributed by atoms with E-state index in [4.69, 9.17) is 10.5 Å². The van der Waals surface area contributed by atoms with Gasteiger partial charge in [-0.05, 0) is 25.7 Å². The van der Waals surface area contributed by atoms with E-state index in [-0.39, 0.29) is 17.5 Å². The van der Waals surface area contributed by atoms with Gasteiger partial charge >= 0.3 is 5.69 Å². The second-order valence-corrected chi connectivity index (χ2v) is 4.38. The Bertz CT molecular complexity index is 439. The van der Waals surface area contributed by atoms with Crippen molar-refractivity contribution in [1.29, 1.82) is 0 Å². The molecule has 0 aromatic carbocycles. The SMILES string of the molecule is COCC(C1CC1)n1nc(C)c([N+](=O)[O-])c1N. The monoisotopic (exact) mass is 240 g/mol. The van der Waals surface area contributed by atoms with Crippen LogP contribution in [0.1, 0.15) is 24.6 Å². The van der Waals surface area contributed by atoms with Crippen molar-refractivity contribution in [3.05, 3.63) is 15.8 Å². The molecule has 94 valence electrons. The molecule has 0 bridgehead atoms. The number of nitrogen functional groups attached to an aromatic ring is 1. The summed E-state index contributed by atoms with van der Waals surface area (Å²) in [5.41, 5.74) is 6.07. The van der Waals surface area contributed by atoms with Gasteiger partial charge in [-0.15, -0.1) is 0 Å². The van der Waals surface area contributed by atoms with Gasteiger partial charge in [-0.1, -0.05) is 0 Å². The first-order valence-corrected chi connectivity index (χ1v) is 5.54. The summed E-state index contributed by atoms with van der Waals surface area (Å²) in [5, 5.41) is 15.0. The highest BCUT2D eigenvalue weighted by Crippen LogP contribution is 2.42. The van der Waals surface area contributed by atoms with Gasteiger partial charge < -0.3 is 10.5 Å². The Hall–Kier alpha value is -1.63. The standard InChI is InChI=1S/C10H16N4O3/c1-6-9(14(15)16)10(11)13(12-6)8(5-17-2)7-3-4-7/h7-8H,3-5,11H2,1-2H3. The number of anilines is 1. The fourth-order valence-corrected chi connectivity index (χ4v) is 2.09. The Kier molecular flexibility index (Phi) is 3.01. The number of hydrogen-bond donors (Lipinski definition) is 1. The van der Waals surface area contributed by atoms with E-state index in [0.717, 1.165) is 12.8 Å². The van der Waals surface area contributed by atoms with E-state index < -0.39 is 4.92 Å². The summed E-state index contributed by atoms with van der Waals surface area (Å²) in [7, 11) is 1.61. The molecule has 1 aliphatic carbocycles. The Morgan fingerprint density at radius 1 is 1.71 bits per heavy atom. The smallest absolute Gasteiger partial charge is 0.333 e. The van der Waals surface area contributed by atoms with Gasteiger partial charge in [-0.25, -0.2) is 4.68 Å². The van der Waals surface area contributed by atoms with Gasteiger partial charge in [-0.2, -0.15) is 5.10 Å². The van der Waals surface area contributed by atoms with Crippen LogP contribution in [0, 0.1) is 23.0 Å². The zero-order valence-electron chi connectivity index (χ0n) is 9.92. The van der Waals surface area contributed by atoms with Crippen molar-refractivity contribution in [2.24, 2.45) is 5.92 Å². The predicted octanol–water partition coefficient (Wildman–Crippen LogP) is 1.28. The summed E-state index contributed by atoms with van der Waals surface area (Å²) in [6.07, 6.45) is 2.19. The molecule has 2 N–H and O–H groups in total. The second-order valence-electron chi connectivity index (χ2n) is 4.38. The van der Waals surface area contributed by atoms with Gasteiger partial charge in [0.25, 0.3) is 0 Å². The molecule has 1 fully saturated rings. The third-order valence-corrected chi connectivity index (χ3v) is 3.09. The highest BCUT2D eigenvalue weighted by atomic mass is 16.6. The molecule has 1 aromatic rings. The first-order chi connectivity index (χ1) is 8.06. The lowest BCUT2D eigenvalue weighted by atomic mass is 10.2. The summed E-state index contributed by atoms with van der Waals surface area (Å²) >= 11 is 0. The fraction of sp³-hybridized carbons (Fsp3) is 0.700. The highest BCUT2D eigenvalue weighted by Gasteiger charge is 2.36. The van der Waals surface area contributed by atoms with Crippen molar-refractivity contribution in [2.45, 2.75) is 25.8 Å². The molecule has 7 nitrogen and oxygen atoms in total. The van der Waals surface area contributed by atoms with Crippen molar-refractivity contribution in [2.75, 3.05) is 19.5 Å². The molecule has 1 heterocycles. The molecule has 0 radical (unpaired) electrons. The van der Waals surface area contributed by atoms with Crippen LogP contribution in [0.5, 0.6) is 0 Å². The van der Waals surface area contributed by atoms with E-state index in [9.17, 15) is 10.1 Å². The number of nitrogens with two attached hydrogens (primary N) is 1. The average molecular weight is 240 g/mol. The maximum absolute atomic E-state index is 10.9. The minimum Gasteiger partial charge on any atom is -0.382 e. The Balaban J connectivity index is 2.36. The van der Waals surface area contributed by atoms with Crippen LogP contribution in [0.3, 0.4) is 0 Å². The summed E-state index contributed by atoms with van der Waals surface area (Å²) in [6, 6.07) is 0.00685. The van der Waals surface area contributed by atoms with E-state index in [0.29, 0.717) is 18.2 Å². The molecular weight excluding hydrogens is 224 g/mol. The Labute approximate surface area is 98.7 Å².